The molecule has 0 aliphatic rings. The van der Waals surface area contributed by atoms with Crippen LogP contribution in [0.25, 0.3) is 0 Å². The molecule has 0 aromatic carbocycles. The van der Waals surface area contributed by atoms with Crippen molar-refractivity contribution in [3.8, 4) is 0 Å². The number of allylic oxidation sites excluding steroid dienone is 4. The second-order valence-electron chi connectivity index (χ2n) is 17.2. The van der Waals surface area contributed by atoms with Crippen LogP contribution in [-0.4, -0.2) is 46.9 Å². The molecule has 6 heteroatoms. The van der Waals surface area contributed by atoms with Gasteiger partial charge in [-0.2, -0.15) is 0 Å². The summed E-state index contributed by atoms with van der Waals surface area (Å²) < 4.78 is 5.92. The standard InChI is InChI=1S/C51H97NO5/c1-4-7-10-13-16-19-22-24-25-26-28-30-33-36-39-42-47(57-51(56)44-41-38-35-32-29-23-20-17-14-11-8-5-2)45-50(55)52-48(46-53)49(54)43-40-37-34-31-27-21-18-15-12-9-6-3/h16,19,24-25,47-49,53-54H,4-15,17-18,20-23,26-46H2,1-3H3,(H,52,55)/b19-16-,25-24-. The number of carbonyl (C=O) groups is 2. The van der Waals surface area contributed by atoms with Crippen LogP contribution in [0.5, 0.6) is 0 Å². The smallest absolute Gasteiger partial charge is 0.306 e. The minimum absolute atomic E-state index is 0.0731. The lowest BCUT2D eigenvalue weighted by atomic mass is 10.0. The molecule has 0 aromatic rings. The topological polar surface area (TPSA) is 95.9 Å². The van der Waals surface area contributed by atoms with Crippen molar-refractivity contribution in [1.29, 1.82) is 0 Å². The molecule has 336 valence electrons. The molecule has 0 aromatic heterocycles. The van der Waals surface area contributed by atoms with E-state index in [-0.39, 0.29) is 24.9 Å². The minimum Gasteiger partial charge on any atom is -0.462 e. The van der Waals surface area contributed by atoms with Crippen molar-refractivity contribution in [1.82, 2.24) is 5.32 Å². The lowest BCUT2D eigenvalue weighted by Crippen LogP contribution is -2.46. The summed E-state index contributed by atoms with van der Waals surface area (Å²) in [4.78, 5) is 26.1. The number of aliphatic hydroxyl groups is 2. The van der Waals surface area contributed by atoms with Gasteiger partial charge < -0.3 is 20.3 Å². The number of rotatable bonds is 45. The van der Waals surface area contributed by atoms with Gasteiger partial charge in [-0.1, -0.05) is 218 Å². The molecule has 3 N–H and O–H groups in total. The predicted octanol–water partition coefficient (Wildman–Crippen LogP) is 14.7. The van der Waals surface area contributed by atoms with Crippen molar-refractivity contribution in [3.63, 3.8) is 0 Å². The fourth-order valence-electron chi connectivity index (χ4n) is 7.70. The maximum absolute atomic E-state index is 13.2. The first-order valence-corrected chi connectivity index (χ1v) is 25.1. The first-order chi connectivity index (χ1) is 28.0. The Bertz CT molecular complexity index is 904. The molecular formula is C51H97NO5. The number of hydrogen-bond donors (Lipinski definition) is 3. The summed E-state index contributed by atoms with van der Waals surface area (Å²) >= 11 is 0. The Morgan fingerprint density at radius 1 is 0.509 bits per heavy atom. The van der Waals surface area contributed by atoms with Crippen molar-refractivity contribution in [2.75, 3.05) is 6.61 Å². The van der Waals surface area contributed by atoms with Crippen LogP contribution >= 0.6 is 0 Å². The van der Waals surface area contributed by atoms with Crippen LogP contribution < -0.4 is 5.32 Å². The summed E-state index contributed by atoms with van der Waals surface area (Å²) in [6, 6.07) is -0.700. The van der Waals surface area contributed by atoms with Crippen LogP contribution in [0.1, 0.15) is 265 Å². The Labute approximate surface area is 354 Å². The Kier molecular flexibility index (Phi) is 44.1. The monoisotopic (exact) mass is 804 g/mol. The zero-order chi connectivity index (χ0) is 41.7. The summed E-state index contributed by atoms with van der Waals surface area (Å²) in [6.45, 7) is 6.45. The van der Waals surface area contributed by atoms with E-state index in [9.17, 15) is 19.8 Å². The van der Waals surface area contributed by atoms with Crippen molar-refractivity contribution in [2.45, 2.75) is 283 Å². The van der Waals surface area contributed by atoms with Crippen LogP contribution in [0.3, 0.4) is 0 Å². The van der Waals surface area contributed by atoms with Gasteiger partial charge in [-0.05, 0) is 57.8 Å². The van der Waals surface area contributed by atoms with E-state index in [1.807, 2.05) is 0 Å². The van der Waals surface area contributed by atoms with Gasteiger partial charge in [-0.25, -0.2) is 0 Å². The molecular weight excluding hydrogens is 707 g/mol. The quantitative estimate of drug-likeness (QED) is 0.0324. The molecule has 6 nitrogen and oxygen atoms in total. The highest BCUT2D eigenvalue weighted by Gasteiger charge is 2.24. The largest absolute Gasteiger partial charge is 0.462 e. The molecule has 0 spiro atoms. The number of hydrogen-bond acceptors (Lipinski definition) is 5. The summed E-state index contributed by atoms with van der Waals surface area (Å²) in [5, 5.41) is 23.7. The number of carbonyl (C=O) groups excluding carboxylic acids is 2. The van der Waals surface area contributed by atoms with Crippen molar-refractivity contribution in [3.05, 3.63) is 24.3 Å². The minimum atomic E-state index is -0.786. The van der Waals surface area contributed by atoms with Gasteiger partial charge in [-0.15, -0.1) is 0 Å². The van der Waals surface area contributed by atoms with E-state index in [4.69, 9.17) is 4.74 Å². The molecule has 0 heterocycles. The third-order valence-electron chi connectivity index (χ3n) is 11.5. The van der Waals surface area contributed by atoms with Crippen molar-refractivity contribution >= 4 is 11.9 Å². The number of ether oxygens (including phenoxy) is 1. The highest BCUT2D eigenvalue weighted by Crippen LogP contribution is 2.18. The summed E-state index contributed by atoms with van der Waals surface area (Å²) in [5.74, 6) is -0.476. The SMILES string of the molecule is CCCCC/C=C\C/C=C\CCCCCCCC(CC(=O)NC(CO)C(O)CCCCCCCCCCCCC)OC(=O)CCCCCCCCCCCCCC. The Morgan fingerprint density at radius 3 is 1.37 bits per heavy atom. The average molecular weight is 804 g/mol. The first kappa shape index (κ1) is 55.3. The van der Waals surface area contributed by atoms with E-state index in [1.54, 1.807) is 0 Å². The third kappa shape index (κ3) is 40.9. The molecule has 0 bridgehead atoms. The lowest BCUT2D eigenvalue weighted by molar-refractivity contribution is -0.151. The van der Waals surface area contributed by atoms with Crippen LogP contribution in [0.4, 0.5) is 0 Å². The molecule has 0 fully saturated rings. The first-order valence-electron chi connectivity index (χ1n) is 25.1. The molecule has 3 unspecified atom stereocenters. The predicted molar refractivity (Wildman–Crippen MR) is 246 cm³/mol. The van der Waals surface area contributed by atoms with Gasteiger partial charge in [0.05, 0.1) is 25.2 Å². The summed E-state index contributed by atoms with van der Waals surface area (Å²) in [6.07, 6.45) is 50.9. The van der Waals surface area contributed by atoms with E-state index < -0.39 is 18.2 Å². The number of unbranched alkanes of at least 4 members (excludes halogenated alkanes) is 29. The highest BCUT2D eigenvalue weighted by atomic mass is 16.5. The number of aliphatic hydroxyl groups excluding tert-OH is 2. The molecule has 3 atom stereocenters. The average Bonchev–Trinajstić information content (AvgIpc) is 3.20. The molecule has 0 radical (unpaired) electrons. The molecule has 0 aliphatic heterocycles. The maximum Gasteiger partial charge on any atom is 0.306 e. The molecule has 0 saturated heterocycles. The zero-order valence-electron chi connectivity index (χ0n) is 38.2. The van der Waals surface area contributed by atoms with Crippen LogP contribution in [0.15, 0.2) is 24.3 Å². The van der Waals surface area contributed by atoms with Crippen LogP contribution in [0, 0.1) is 0 Å². The van der Waals surface area contributed by atoms with Gasteiger partial charge in [0, 0.05) is 6.42 Å². The number of nitrogens with one attached hydrogen (secondary N) is 1. The summed E-state index contributed by atoms with van der Waals surface area (Å²) in [7, 11) is 0. The zero-order valence-corrected chi connectivity index (χ0v) is 38.2. The van der Waals surface area contributed by atoms with Gasteiger partial charge in [0.1, 0.15) is 6.10 Å². The van der Waals surface area contributed by atoms with E-state index in [0.29, 0.717) is 19.3 Å². The fourth-order valence-corrected chi connectivity index (χ4v) is 7.70. The van der Waals surface area contributed by atoms with Crippen LogP contribution in [0.2, 0.25) is 0 Å². The maximum atomic E-state index is 13.2. The van der Waals surface area contributed by atoms with E-state index in [1.165, 1.54) is 148 Å². The lowest BCUT2D eigenvalue weighted by Gasteiger charge is -2.24. The van der Waals surface area contributed by atoms with Gasteiger partial charge in [-0.3, -0.25) is 9.59 Å². The van der Waals surface area contributed by atoms with Gasteiger partial charge in [0.2, 0.25) is 5.91 Å². The number of esters is 1. The molecule has 0 aliphatic carbocycles. The normalized spacial score (nSPS) is 13.4. The molecule has 0 saturated carbocycles. The summed E-state index contributed by atoms with van der Waals surface area (Å²) in [5.41, 5.74) is 0. The number of amides is 1. The Hall–Kier alpha value is -1.66. The van der Waals surface area contributed by atoms with E-state index >= 15 is 0 Å². The Balaban J connectivity index is 4.60. The fraction of sp³-hybridized carbons (Fsp3) is 0.882. The highest BCUT2D eigenvalue weighted by molar-refractivity contribution is 5.77. The third-order valence-corrected chi connectivity index (χ3v) is 11.5. The van der Waals surface area contributed by atoms with Crippen molar-refractivity contribution in [2.24, 2.45) is 0 Å². The molecule has 0 rings (SSSR count). The second-order valence-corrected chi connectivity index (χ2v) is 17.2. The molecule has 57 heavy (non-hydrogen) atoms. The van der Waals surface area contributed by atoms with Gasteiger partial charge in [0.25, 0.3) is 0 Å². The van der Waals surface area contributed by atoms with Crippen molar-refractivity contribution < 1.29 is 24.5 Å². The molecule has 1 amide bonds. The Morgan fingerprint density at radius 2 is 0.895 bits per heavy atom. The van der Waals surface area contributed by atoms with Crippen LogP contribution in [-0.2, 0) is 14.3 Å². The van der Waals surface area contributed by atoms with E-state index in [2.05, 4.69) is 50.4 Å². The van der Waals surface area contributed by atoms with Gasteiger partial charge in [0.15, 0.2) is 0 Å². The second kappa shape index (κ2) is 45.4. The van der Waals surface area contributed by atoms with Gasteiger partial charge >= 0.3 is 5.97 Å². The van der Waals surface area contributed by atoms with E-state index in [0.717, 1.165) is 70.6 Å².